The number of guanidine groups is 1. The van der Waals surface area contributed by atoms with E-state index in [1.165, 1.54) is 0 Å². The summed E-state index contributed by atoms with van der Waals surface area (Å²) < 4.78 is 0. The first-order valence-corrected chi connectivity index (χ1v) is 4.19. The molecular weight excluding hydrogens is 154 g/mol. The van der Waals surface area contributed by atoms with Crippen LogP contribution in [0.4, 0.5) is 0 Å². The van der Waals surface area contributed by atoms with E-state index in [2.05, 4.69) is 22.5 Å². The molecule has 0 radical (unpaired) electrons. The second kappa shape index (κ2) is 3.13. The number of hydrogen-bond donors (Lipinski definition) is 2. The molecule has 4 heteroatoms. The van der Waals surface area contributed by atoms with Gasteiger partial charge in [-0.2, -0.15) is 0 Å². The molecule has 0 bridgehead atoms. The average Bonchev–Trinajstić information content (AvgIpc) is 2.29. The monoisotopic (exact) mass is 169 g/mol. The molecule has 4 nitrogen and oxygen atoms in total. The summed E-state index contributed by atoms with van der Waals surface area (Å²) in [6.45, 7) is 3.95. The summed E-state index contributed by atoms with van der Waals surface area (Å²) in [7, 11) is 1.65. The Bertz CT molecular complexity index is 224. The van der Waals surface area contributed by atoms with Gasteiger partial charge in [0.05, 0.1) is 0 Å². The standard InChI is InChI=1S/C8H15N3O/c1-4-5-8(2)6(12)10-7(9-3)11-8/h4-5H2,1-3H3,(H2,9,10,11,12). The highest BCUT2D eigenvalue weighted by atomic mass is 16.2. The maximum Gasteiger partial charge on any atom is 0.252 e. The van der Waals surface area contributed by atoms with Crippen molar-refractivity contribution in [3.05, 3.63) is 0 Å². The highest BCUT2D eigenvalue weighted by Crippen LogP contribution is 2.15. The van der Waals surface area contributed by atoms with Crippen molar-refractivity contribution in [1.29, 1.82) is 0 Å². The Morgan fingerprint density at radius 3 is 2.67 bits per heavy atom. The summed E-state index contributed by atoms with van der Waals surface area (Å²) in [6.07, 6.45) is 1.81. The van der Waals surface area contributed by atoms with Crippen molar-refractivity contribution in [3.63, 3.8) is 0 Å². The molecule has 1 unspecified atom stereocenters. The van der Waals surface area contributed by atoms with Crippen molar-refractivity contribution in [2.45, 2.75) is 32.2 Å². The van der Waals surface area contributed by atoms with E-state index in [4.69, 9.17) is 0 Å². The minimum atomic E-state index is -0.455. The van der Waals surface area contributed by atoms with Crippen LogP contribution >= 0.6 is 0 Å². The van der Waals surface area contributed by atoms with Crippen LogP contribution in [0.2, 0.25) is 0 Å². The van der Waals surface area contributed by atoms with Gasteiger partial charge in [-0.05, 0) is 13.3 Å². The van der Waals surface area contributed by atoms with Crippen LogP contribution in [0.15, 0.2) is 4.99 Å². The molecule has 1 atom stereocenters. The quantitative estimate of drug-likeness (QED) is 0.622. The van der Waals surface area contributed by atoms with Crippen molar-refractivity contribution >= 4 is 11.9 Å². The minimum Gasteiger partial charge on any atom is -0.342 e. The van der Waals surface area contributed by atoms with E-state index in [9.17, 15) is 4.79 Å². The van der Waals surface area contributed by atoms with Gasteiger partial charge in [-0.1, -0.05) is 13.3 Å². The van der Waals surface area contributed by atoms with Gasteiger partial charge in [0.15, 0.2) is 5.96 Å². The highest BCUT2D eigenvalue weighted by Gasteiger charge is 2.39. The lowest BCUT2D eigenvalue weighted by atomic mass is 9.97. The Hall–Kier alpha value is -1.06. The summed E-state index contributed by atoms with van der Waals surface area (Å²) >= 11 is 0. The molecule has 0 spiro atoms. The summed E-state index contributed by atoms with van der Waals surface area (Å²) in [6, 6.07) is 0. The predicted octanol–water partition coefficient (Wildman–Crippen LogP) is 0.250. The molecule has 1 amide bonds. The van der Waals surface area contributed by atoms with Gasteiger partial charge in [0, 0.05) is 7.05 Å². The van der Waals surface area contributed by atoms with Gasteiger partial charge in [-0.3, -0.25) is 15.1 Å². The van der Waals surface area contributed by atoms with Gasteiger partial charge in [0.2, 0.25) is 0 Å². The van der Waals surface area contributed by atoms with Gasteiger partial charge in [-0.25, -0.2) is 0 Å². The summed E-state index contributed by atoms with van der Waals surface area (Å²) in [4.78, 5) is 15.3. The molecule has 1 saturated heterocycles. The summed E-state index contributed by atoms with van der Waals surface area (Å²) in [5.74, 6) is 0.598. The van der Waals surface area contributed by atoms with E-state index in [0.717, 1.165) is 12.8 Å². The molecule has 2 N–H and O–H groups in total. The summed E-state index contributed by atoms with van der Waals surface area (Å²) in [5, 5.41) is 5.74. The zero-order valence-corrected chi connectivity index (χ0v) is 7.77. The minimum absolute atomic E-state index is 0.0185. The first-order chi connectivity index (χ1) is 5.62. The Kier molecular flexibility index (Phi) is 2.35. The largest absolute Gasteiger partial charge is 0.342 e. The Morgan fingerprint density at radius 2 is 2.25 bits per heavy atom. The van der Waals surface area contributed by atoms with Gasteiger partial charge in [0.25, 0.3) is 5.91 Å². The van der Waals surface area contributed by atoms with Crippen LogP contribution in [0.3, 0.4) is 0 Å². The number of carbonyl (C=O) groups excluding carboxylic acids is 1. The number of nitrogens with one attached hydrogen (secondary N) is 2. The van der Waals surface area contributed by atoms with E-state index in [0.29, 0.717) is 5.96 Å². The second-order valence-electron chi connectivity index (χ2n) is 3.23. The third kappa shape index (κ3) is 1.42. The highest BCUT2D eigenvalue weighted by molar-refractivity contribution is 6.08. The Balaban J connectivity index is 2.74. The number of rotatable bonds is 2. The summed E-state index contributed by atoms with van der Waals surface area (Å²) in [5.41, 5.74) is -0.455. The van der Waals surface area contributed by atoms with Crippen LogP contribution in [0.1, 0.15) is 26.7 Å². The van der Waals surface area contributed by atoms with E-state index < -0.39 is 5.54 Å². The van der Waals surface area contributed by atoms with Crippen LogP contribution < -0.4 is 10.6 Å². The molecule has 1 aliphatic heterocycles. The molecule has 12 heavy (non-hydrogen) atoms. The average molecular weight is 169 g/mol. The van der Waals surface area contributed by atoms with E-state index in [1.54, 1.807) is 7.05 Å². The maximum atomic E-state index is 11.4. The van der Waals surface area contributed by atoms with Gasteiger partial charge < -0.3 is 5.32 Å². The van der Waals surface area contributed by atoms with E-state index >= 15 is 0 Å². The molecule has 1 aliphatic rings. The molecule has 0 saturated carbocycles. The number of aliphatic imine (C=N–C) groups is 1. The van der Waals surface area contributed by atoms with Crippen molar-refractivity contribution in [3.8, 4) is 0 Å². The topological polar surface area (TPSA) is 53.5 Å². The lowest BCUT2D eigenvalue weighted by Crippen LogP contribution is -2.43. The van der Waals surface area contributed by atoms with Crippen LogP contribution in [0.5, 0.6) is 0 Å². The molecule has 1 heterocycles. The third-order valence-electron chi connectivity index (χ3n) is 2.10. The first kappa shape index (κ1) is 9.03. The number of nitrogens with zero attached hydrogens (tertiary/aromatic N) is 1. The Labute approximate surface area is 72.4 Å². The lowest BCUT2D eigenvalue weighted by Gasteiger charge is -2.19. The maximum absolute atomic E-state index is 11.4. The number of amides is 1. The normalized spacial score (nSPS) is 31.9. The second-order valence-corrected chi connectivity index (χ2v) is 3.23. The molecule has 0 aliphatic carbocycles. The third-order valence-corrected chi connectivity index (χ3v) is 2.10. The van der Waals surface area contributed by atoms with Crippen molar-refractivity contribution in [1.82, 2.24) is 10.6 Å². The number of carbonyl (C=O) groups is 1. The van der Waals surface area contributed by atoms with Crippen molar-refractivity contribution < 1.29 is 4.79 Å². The zero-order chi connectivity index (χ0) is 9.19. The fourth-order valence-electron chi connectivity index (χ4n) is 1.38. The van der Waals surface area contributed by atoms with Gasteiger partial charge >= 0.3 is 0 Å². The molecule has 1 fully saturated rings. The smallest absolute Gasteiger partial charge is 0.252 e. The fourth-order valence-corrected chi connectivity index (χ4v) is 1.38. The van der Waals surface area contributed by atoms with Crippen LogP contribution in [0, 0.1) is 0 Å². The van der Waals surface area contributed by atoms with E-state index in [1.807, 2.05) is 6.92 Å². The first-order valence-electron chi connectivity index (χ1n) is 4.19. The fraction of sp³-hybridized carbons (Fsp3) is 0.750. The van der Waals surface area contributed by atoms with E-state index in [-0.39, 0.29) is 5.91 Å². The molecule has 0 aromatic heterocycles. The van der Waals surface area contributed by atoms with Crippen molar-refractivity contribution in [2.75, 3.05) is 7.05 Å². The van der Waals surface area contributed by atoms with Gasteiger partial charge in [0.1, 0.15) is 5.54 Å². The molecule has 68 valence electrons. The Morgan fingerprint density at radius 1 is 1.58 bits per heavy atom. The van der Waals surface area contributed by atoms with Crippen LogP contribution in [-0.2, 0) is 4.79 Å². The van der Waals surface area contributed by atoms with Crippen LogP contribution in [0.25, 0.3) is 0 Å². The molecule has 1 rings (SSSR count). The zero-order valence-electron chi connectivity index (χ0n) is 7.77. The number of hydrogen-bond acceptors (Lipinski definition) is 2. The van der Waals surface area contributed by atoms with Gasteiger partial charge in [-0.15, -0.1) is 0 Å². The predicted molar refractivity (Wildman–Crippen MR) is 48.0 cm³/mol. The molecule has 0 aromatic rings. The van der Waals surface area contributed by atoms with Crippen molar-refractivity contribution in [2.24, 2.45) is 4.99 Å². The SMILES string of the molecule is CCCC1(C)NC(=NC)NC1=O. The molecular formula is C8H15N3O. The molecule has 0 aromatic carbocycles. The lowest BCUT2D eigenvalue weighted by molar-refractivity contribution is -0.123. The van der Waals surface area contributed by atoms with Crippen LogP contribution in [-0.4, -0.2) is 24.5 Å².